The molecule has 4 heterocycles. The maximum Gasteiger partial charge on any atom is 0.165 e. The van der Waals surface area contributed by atoms with Gasteiger partial charge in [-0.1, -0.05) is 0 Å². The Morgan fingerprint density at radius 1 is 1.48 bits per heavy atom. The van der Waals surface area contributed by atoms with Crippen LogP contribution in [0.2, 0.25) is 0 Å². The number of aromatic nitrogens is 1. The van der Waals surface area contributed by atoms with Crippen LogP contribution < -0.4 is 5.32 Å². The molecule has 122 valence electrons. The standard InChI is InChI=1S/C17H20FN3OS/c18-15-2-1-5-19-16(15)20-14-8-17(22-10-14)4-6-21(12-17)9-13-3-7-23-11-13/h1-3,5,7,11,14H,4,6,8-10,12H2,(H,19,20)/t14-,17+/m0/s1. The van der Waals surface area contributed by atoms with Crippen molar-refractivity contribution in [1.82, 2.24) is 9.88 Å². The number of likely N-dealkylation sites (tertiary alicyclic amines) is 1. The highest BCUT2D eigenvalue weighted by atomic mass is 32.1. The van der Waals surface area contributed by atoms with Crippen LogP contribution >= 0.6 is 11.3 Å². The number of ether oxygens (including phenoxy) is 1. The number of hydrogen-bond acceptors (Lipinski definition) is 5. The normalized spacial score (nSPS) is 27.8. The number of nitrogens with zero attached hydrogens (tertiary/aromatic N) is 2. The molecule has 0 bridgehead atoms. The SMILES string of the molecule is Fc1cccnc1N[C@@H]1CO[C@]2(CCN(Cc3ccsc3)C2)C1. The molecular weight excluding hydrogens is 313 g/mol. The molecule has 23 heavy (non-hydrogen) atoms. The second kappa shape index (κ2) is 6.19. The zero-order chi connectivity index (χ0) is 15.7. The van der Waals surface area contributed by atoms with Crippen LogP contribution in [0.5, 0.6) is 0 Å². The van der Waals surface area contributed by atoms with Crippen LogP contribution in [0.3, 0.4) is 0 Å². The third kappa shape index (κ3) is 3.24. The fraction of sp³-hybridized carbons (Fsp3) is 0.471. The molecule has 0 amide bonds. The van der Waals surface area contributed by atoms with Crippen LogP contribution in [-0.4, -0.2) is 41.2 Å². The molecule has 1 N–H and O–H groups in total. The summed E-state index contributed by atoms with van der Waals surface area (Å²) in [6, 6.07) is 5.34. The lowest BCUT2D eigenvalue weighted by Crippen LogP contribution is -2.33. The molecule has 0 aliphatic carbocycles. The molecule has 4 rings (SSSR count). The maximum absolute atomic E-state index is 13.7. The fourth-order valence-electron chi connectivity index (χ4n) is 3.61. The van der Waals surface area contributed by atoms with Crippen LogP contribution in [0.4, 0.5) is 10.2 Å². The highest BCUT2D eigenvalue weighted by Gasteiger charge is 2.45. The van der Waals surface area contributed by atoms with Crippen molar-refractivity contribution in [3.05, 3.63) is 46.5 Å². The summed E-state index contributed by atoms with van der Waals surface area (Å²) in [5, 5.41) is 7.52. The van der Waals surface area contributed by atoms with E-state index >= 15 is 0 Å². The first kappa shape index (κ1) is 15.1. The highest BCUT2D eigenvalue weighted by Crippen LogP contribution is 2.36. The topological polar surface area (TPSA) is 37.4 Å². The fourth-order valence-corrected chi connectivity index (χ4v) is 4.27. The zero-order valence-corrected chi connectivity index (χ0v) is 13.7. The van der Waals surface area contributed by atoms with Gasteiger partial charge in [0.15, 0.2) is 11.6 Å². The molecule has 2 fully saturated rings. The minimum atomic E-state index is -0.307. The summed E-state index contributed by atoms with van der Waals surface area (Å²) in [7, 11) is 0. The molecule has 2 saturated heterocycles. The first-order chi connectivity index (χ1) is 11.2. The van der Waals surface area contributed by atoms with Gasteiger partial charge in [-0.2, -0.15) is 11.3 Å². The summed E-state index contributed by atoms with van der Waals surface area (Å²) in [6.07, 6.45) is 3.55. The van der Waals surface area contributed by atoms with Crippen LogP contribution in [0.15, 0.2) is 35.2 Å². The number of halogens is 1. The van der Waals surface area contributed by atoms with Gasteiger partial charge in [0.2, 0.25) is 0 Å². The van der Waals surface area contributed by atoms with E-state index in [4.69, 9.17) is 4.74 Å². The first-order valence-corrected chi connectivity index (χ1v) is 8.91. The van der Waals surface area contributed by atoms with E-state index in [1.165, 1.54) is 11.6 Å². The van der Waals surface area contributed by atoms with E-state index in [-0.39, 0.29) is 17.5 Å². The van der Waals surface area contributed by atoms with Crippen molar-refractivity contribution in [3.63, 3.8) is 0 Å². The quantitative estimate of drug-likeness (QED) is 0.933. The van der Waals surface area contributed by atoms with E-state index in [0.717, 1.165) is 32.5 Å². The molecule has 0 aromatic carbocycles. The lowest BCUT2D eigenvalue weighted by atomic mass is 9.97. The van der Waals surface area contributed by atoms with Crippen molar-refractivity contribution < 1.29 is 9.13 Å². The molecule has 6 heteroatoms. The van der Waals surface area contributed by atoms with Crippen LogP contribution in [0.1, 0.15) is 18.4 Å². The van der Waals surface area contributed by atoms with Crippen LogP contribution in [0, 0.1) is 5.82 Å². The number of hydrogen-bond donors (Lipinski definition) is 1. The van der Waals surface area contributed by atoms with Crippen molar-refractivity contribution in [2.24, 2.45) is 0 Å². The maximum atomic E-state index is 13.7. The summed E-state index contributed by atoms with van der Waals surface area (Å²) >= 11 is 1.74. The molecule has 4 nitrogen and oxygen atoms in total. The van der Waals surface area contributed by atoms with Gasteiger partial charge in [-0.25, -0.2) is 9.37 Å². The largest absolute Gasteiger partial charge is 0.371 e. The Balaban J connectivity index is 1.36. The molecule has 2 aliphatic rings. The van der Waals surface area contributed by atoms with Crippen molar-refractivity contribution in [2.45, 2.75) is 31.0 Å². The molecule has 0 radical (unpaired) electrons. The number of rotatable bonds is 4. The van der Waals surface area contributed by atoms with E-state index in [9.17, 15) is 4.39 Å². The van der Waals surface area contributed by atoms with E-state index in [1.54, 1.807) is 23.6 Å². The monoisotopic (exact) mass is 333 g/mol. The lowest BCUT2D eigenvalue weighted by molar-refractivity contribution is 0.0120. The molecule has 0 unspecified atom stereocenters. The molecule has 2 aromatic heterocycles. The Morgan fingerprint density at radius 3 is 3.26 bits per heavy atom. The van der Waals surface area contributed by atoms with Gasteiger partial charge in [-0.3, -0.25) is 4.90 Å². The van der Waals surface area contributed by atoms with Gasteiger partial charge in [0.25, 0.3) is 0 Å². The number of pyridine rings is 1. The van der Waals surface area contributed by atoms with E-state index in [1.807, 2.05) is 0 Å². The smallest absolute Gasteiger partial charge is 0.165 e. The Bertz CT molecular complexity index is 666. The van der Waals surface area contributed by atoms with E-state index in [0.29, 0.717) is 12.4 Å². The molecule has 2 aliphatic heterocycles. The zero-order valence-electron chi connectivity index (χ0n) is 12.9. The average molecular weight is 333 g/mol. The summed E-state index contributed by atoms with van der Waals surface area (Å²) in [4.78, 5) is 6.52. The average Bonchev–Trinajstić information content (AvgIpc) is 3.26. The molecule has 2 aromatic rings. The third-order valence-corrected chi connectivity index (χ3v) is 5.42. The van der Waals surface area contributed by atoms with E-state index < -0.39 is 0 Å². The summed E-state index contributed by atoms with van der Waals surface area (Å²) in [6.45, 7) is 3.61. The number of anilines is 1. The summed E-state index contributed by atoms with van der Waals surface area (Å²) in [5.74, 6) is 0.0187. The van der Waals surface area contributed by atoms with Crippen molar-refractivity contribution >= 4 is 17.2 Å². The summed E-state index contributed by atoms with van der Waals surface area (Å²) < 4.78 is 19.8. The summed E-state index contributed by atoms with van der Waals surface area (Å²) in [5.41, 5.74) is 1.29. The molecule has 0 saturated carbocycles. The van der Waals surface area contributed by atoms with Gasteiger partial charge in [0.05, 0.1) is 18.2 Å². The van der Waals surface area contributed by atoms with Gasteiger partial charge < -0.3 is 10.1 Å². The minimum Gasteiger partial charge on any atom is -0.371 e. The second-order valence-electron chi connectivity index (χ2n) is 6.47. The molecule has 1 spiro atoms. The van der Waals surface area contributed by atoms with Gasteiger partial charge in [0.1, 0.15) is 0 Å². The van der Waals surface area contributed by atoms with E-state index in [2.05, 4.69) is 32.0 Å². The highest BCUT2D eigenvalue weighted by molar-refractivity contribution is 7.07. The van der Waals surface area contributed by atoms with Crippen molar-refractivity contribution in [2.75, 3.05) is 25.0 Å². The Kier molecular flexibility index (Phi) is 4.05. The molecular formula is C17H20FN3OS. The van der Waals surface area contributed by atoms with Crippen LogP contribution in [0.25, 0.3) is 0 Å². The Hall–Kier alpha value is -1.50. The predicted molar refractivity (Wildman–Crippen MR) is 89.1 cm³/mol. The number of thiophene rings is 1. The molecule has 2 atom stereocenters. The van der Waals surface area contributed by atoms with Gasteiger partial charge >= 0.3 is 0 Å². The van der Waals surface area contributed by atoms with Crippen molar-refractivity contribution in [3.8, 4) is 0 Å². The Morgan fingerprint density at radius 2 is 2.43 bits per heavy atom. The van der Waals surface area contributed by atoms with Crippen molar-refractivity contribution in [1.29, 1.82) is 0 Å². The predicted octanol–water partition coefficient (Wildman–Crippen LogP) is 3.13. The Labute approximate surface area is 139 Å². The van der Waals surface area contributed by atoms with Gasteiger partial charge in [0, 0.05) is 32.3 Å². The lowest BCUT2D eigenvalue weighted by Gasteiger charge is -2.23. The van der Waals surface area contributed by atoms with Gasteiger partial charge in [-0.15, -0.1) is 0 Å². The second-order valence-corrected chi connectivity index (χ2v) is 7.25. The van der Waals surface area contributed by atoms with Gasteiger partial charge in [-0.05, 0) is 40.9 Å². The van der Waals surface area contributed by atoms with Crippen LogP contribution in [-0.2, 0) is 11.3 Å². The first-order valence-electron chi connectivity index (χ1n) is 7.97. The number of nitrogens with one attached hydrogen (secondary N) is 1. The third-order valence-electron chi connectivity index (χ3n) is 4.69. The minimum absolute atomic E-state index is 0.0844.